The van der Waals surface area contributed by atoms with E-state index in [-0.39, 0.29) is 22.8 Å². The summed E-state index contributed by atoms with van der Waals surface area (Å²) in [5, 5.41) is 16.1. The molecule has 3 rings (SSSR count). The highest BCUT2D eigenvalue weighted by molar-refractivity contribution is 6.04. The lowest BCUT2D eigenvalue weighted by atomic mass is 9.94. The number of hydrogen-bond donors (Lipinski definition) is 2. The maximum Gasteiger partial charge on any atom is 0.284 e. The zero-order chi connectivity index (χ0) is 26.6. The quantitative estimate of drug-likeness (QED) is 0.418. The number of rotatable bonds is 9. The molecule has 1 aromatic heterocycles. The second-order valence-electron chi connectivity index (χ2n) is 7.54. The minimum atomic E-state index is -3.77. The largest absolute Gasteiger partial charge is 0.485 e. The third-order valence-corrected chi connectivity index (χ3v) is 5.01. The van der Waals surface area contributed by atoms with Crippen molar-refractivity contribution in [2.24, 2.45) is 0 Å². The minimum Gasteiger partial charge on any atom is -0.485 e. The molecule has 7 nitrogen and oxygen atoms in total. The van der Waals surface area contributed by atoms with Crippen LogP contribution >= 0.6 is 0 Å². The van der Waals surface area contributed by atoms with E-state index in [1.54, 1.807) is 0 Å². The van der Waals surface area contributed by atoms with Crippen LogP contribution in [0.3, 0.4) is 0 Å². The van der Waals surface area contributed by atoms with E-state index >= 15 is 0 Å². The molecule has 2 aromatic carbocycles. The molecular weight excluding hydrogens is 496 g/mol. The van der Waals surface area contributed by atoms with Crippen LogP contribution in [0.25, 0.3) is 5.69 Å². The number of halogens is 6. The molecule has 0 aliphatic rings. The van der Waals surface area contributed by atoms with Crippen molar-refractivity contribution in [3.05, 3.63) is 81.8 Å². The molecule has 36 heavy (non-hydrogen) atoms. The van der Waals surface area contributed by atoms with Gasteiger partial charge in [0.05, 0.1) is 5.69 Å². The number of hydrogen-bond acceptors (Lipinski definition) is 5. The molecule has 0 aliphatic heterocycles. The summed E-state index contributed by atoms with van der Waals surface area (Å²) < 4.78 is 83.2. The maximum atomic E-state index is 13.0. The number of nitrogens with zero attached hydrogens (tertiary/aromatic N) is 2. The number of benzene rings is 2. The Balaban J connectivity index is 1.92. The van der Waals surface area contributed by atoms with Gasteiger partial charge in [0.25, 0.3) is 30.7 Å². The van der Waals surface area contributed by atoms with E-state index in [1.807, 2.05) is 0 Å². The Kier molecular flexibility index (Phi) is 8.03. The first-order chi connectivity index (χ1) is 16.9. The number of anilines is 1. The SMILES string of the molecule is Cc1cc(C(=O)Nc2ccc(C(O)(C(F)F)C(F)F)cc2)c(=O)n(-c2ccccc2OCC(F)F)n1. The van der Waals surface area contributed by atoms with Crippen molar-refractivity contribution >= 4 is 11.6 Å². The molecule has 0 saturated heterocycles. The lowest BCUT2D eigenvalue weighted by Crippen LogP contribution is -2.41. The molecule has 0 radical (unpaired) electrons. The van der Waals surface area contributed by atoms with Crippen LogP contribution in [0.1, 0.15) is 21.6 Å². The van der Waals surface area contributed by atoms with Gasteiger partial charge >= 0.3 is 0 Å². The second kappa shape index (κ2) is 10.8. The standard InChI is InChI=1S/C23H19F6N3O4/c1-12-10-15(20(34)32(31-12)16-4-2-3-5-17(16)36-11-18(24)25)19(33)30-14-8-6-13(7-9-14)23(35,21(26)27)22(28)29/h2-10,18,21-22,35H,11H2,1H3,(H,30,33). The summed E-state index contributed by atoms with van der Waals surface area (Å²) in [6.07, 6.45) is -10.3. The number of ether oxygens (including phenoxy) is 1. The van der Waals surface area contributed by atoms with Gasteiger partial charge in [0.15, 0.2) is 0 Å². The zero-order valence-corrected chi connectivity index (χ0v) is 18.5. The highest BCUT2D eigenvalue weighted by Crippen LogP contribution is 2.35. The summed E-state index contributed by atoms with van der Waals surface area (Å²) in [4.78, 5) is 25.8. The topological polar surface area (TPSA) is 93.5 Å². The summed E-state index contributed by atoms with van der Waals surface area (Å²) in [5.74, 6) is -1.03. The Bertz CT molecular complexity index is 1270. The van der Waals surface area contributed by atoms with Crippen LogP contribution in [0, 0.1) is 6.92 Å². The maximum absolute atomic E-state index is 13.0. The minimum absolute atomic E-state index is 0.00327. The number of nitrogens with one attached hydrogen (secondary N) is 1. The van der Waals surface area contributed by atoms with Crippen LogP contribution in [0.2, 0.25) is 0 Å². The van der Waals surface area contributed by atoms with Crippen molar-refractivity contribution in [1.82, 2.24) is 9.78 Å². The Hall–Kier alpha value is -3.87. The molecule has 0 aliphatic carbocycles. The smallest absolute Gasteiger partial charge is 0.284 e. The molecular formula is C23H19F6N3O4. The normalized spacial score (nSPS) is 11.9. The third-order valence-electron chi connectivity index (χ3n) is 5.01. The van der Waals surface area contributed by atoms with E-state index in [1.165, 1.54) is 31.2 Å². The first-order valence-corrected chi connectivity index (χ1v) is 10.3. The highest BCUT2D eigenvalue weighted by Gasteiger charge is 2.48. The van der Waals surface area contributed by atoms with E-state index < -0.39 is 54.1 Å². The van der Waals surface area contributed by atoms with Crippen LogP contribution in [0.5, 0.6) is 5.75 Å². The van der Waals surface area contributed by atoms with E-state index in [9.17, 15) is 41.0 Å². The summed E-state index contributed by atoms with van der Waals surface area (Å²) in [5.41, 5.74) is -5.64. The van der Waals surface area contributed by atoms with Gasteiger partial charge in [-0.3, -0.25) is 9.59 Å². The van der Waals surface area contributed by atoms with Crippen molar-refractivity contribution in [3.63, 3.8) is 0 Å². The molecule has 192 valence electrons. The fourth-order valence-electron chi connectivity index (χ4n) is 3.22. The molecule has 0 fully saturated rings. The Morgan fingerprint density at radius 2 is 1.67 bits per heavy atom. The number of para-hydroxylation sites is 2. The zero-order valence-electron chi connectivity index (χ0n) is 18.5. The number of aromatic nitrogens is 2. The van der Waals surface area contributed by atoms with Gasteiger partial charge in [0.2, 0.25) is 5.60 Å². The van der Waals surface area contributed by atoms with Gasteiger partial charge in [-0.25, -0.2) is 26.3 Å². The van der Waals surface area contributed by atoms with Crippen molar-refractivity contribution < 1.29 is 41.0 Å². The molecule has 1 amide bonds. The molecule has 0 unspecified atom stereocenters. The van der Waals surface area contributed by atoms with Crippen molar-refractivity contribution in [2.45, 2.75) is 31.8 Å². The van der Waals surface area contributed by atoms with Crippen molar-refractivity contribution in [2.75, 3.05) is 11.9 Å². The first-order valence-electron chi connectivity index (χ1n) is 10.3. The first kappa shape index (κ1) is 26.7. The Morgan fingerprint density at radius 3 is 2.25 bits per heavy atom. The Morgan fingerprint density at radius 1 is 1.06 bits per heavy atom. The van der Waals surface area contributed by atoms with E-state index in [2.05, 4.69) is 10.4 Å². The highest BCUT2D eigenvalue weighted by atomic mass is 19.3. The van der Waals surface area contributed by atoms with E-state index in [0.29, 0.717) is 0 Å². The average molecular weight is 515 g/mol. The van der Waals surface area contributed by atoms with Crippen LogP contribution in [0.15, 0.2) is 59.4 Å². The van der Waals surface area contributed by atoms with Crippen molar-refractivity contribution in [3.8, 4) is 11.4 Å². The number of amides is 1. The van der Waals surface area contributed by atoms with Gasteiger partial charge in [-0.1, -0.05) is 24.3 Å². The number of carbonyl (C=O) groups is 1. The molecule has 2 N–H and O–H groups in total. The predicted molar refractivity (Wildman–Crippen MR) is 116 cm³/mol. The molecule has 1 heterocycles. The van der Waals surface area contributed by atoms with Gasteiger partial charge in [-0.2, -0.15) is 9.78 Å². The van der Waals surface area contributed by atoms with Crippen LogP contribution in [-0.4, -0.2) is 46.7 Å². The third kappa shape index (κ3) is 5.51. The lowest BCUT2D eigenvalue weighted by molar-refractivity contribution is -0.183. The molecule has 0 saturated carbocycles. The van der Waals surface area contributed by atoms with Crippen LogP contribution in [-0.2, 0) is 5.60 Å². The molecule has 0 atom stereocenters. The number of aryl methyl sites for hydroxylation is 1. The van der Waals surface area contributed by atoms with E-state index in [0.717, 1.165) is 35.0 Å². The number of aliphatic hydroxyl groups is 1. The fourth-order valence-corrected chi connectivity index (χ4v) is 3.22. The van der Waals surface area contributed by atoms with Crippen molar-refractivity contribution in [1.29, 1.82) is 0 Å². The monoisotopic (exact) mass is 515 g/mol. The Labute approximate surface area is 199 Å². The molecule has 13 heteroatoms. The summed E-state index contributed by atoms with van der Waals surface area (Å²) in [7, 11) is 0. The van der Waals surface area contributed by atoms with Gasteiger partial charge in [-0.15, -0.1) is 0 Å². The van der Waals surface area contributed by atoms with Gasteiger partial charge < -0.3 is 15.2 Å². The summed E-state index contributed by atoms with van der Waals surface area (Å²) >= 11 is 0. The fraction of sp³-hybridized carbons (Fsp3) is 0.261. The van der Waals surface area contributed by atoms with E-state index in [4.69, 9.17) is 4.74 Å². The van der Waals surface area contributed by atoms with Crippen LogP contribution < -0.4 is 15.6 Å². The summed E-state index contributed by atoms with van der Waals surface area (Å²) in [6, 6.07) is 10.5. The number of carbonyl (C=O) groups excluding carboxylic acids is 1. The molecule has 0 bridgehead atoms. The lowest BCUT2D eigenvalue weighted by Gasteiger charge is -2.26. The molecule has 3 aromatic rings. The van der Waals surface area contributed by atoms with Gasteiger partial charge in [-0.05, 0) is 42.8 Å². The number of alkyl halides is 6. The predicted octanol–water partition coefficient (Wildman–Crippen LogP) is 4.15. The van der Waals surface area contributed by atoms with Gasteiger partial charge in [0, 0.05) is 5.69 Å². The van der Waals surface area contributed by atoms with Gasteiger partial charge in [0.1, 0.15) is 23.6 Å². The second-order valence-corrected chi connectivity index (χ2v) is 7.54. The van der Waals surface area contributed by atoms with Crippen LogP contribution in [0.4, 0.5) is 32.0 Å². The summed E-state index contributed by atoms with van der Waals surface area (Å²) in [6.45, 7) is 0.535. The molecule has 0 spiro atoms. The average Bonchev–Trinajstić information content (AvgIpc) is 2.83.